The minimum atomic E-state index is -0.0823. The van der Waals surface area contributed by atoms with Gasteiger partial charge in [0.15, 0.2) is 5.96 Å². The van der Waals surface area contributed by atoms with Crippen molar-refractivity contribution in [3.8, 4) is 0 Å². The number of hydrogen-bond donors (Lipinski definition) is 3. The summed E-state index contributed by atoms with van der Waals surface area (Å²) in [5.74, 6) is 0.815. The quantitative estimate of drug-likeness (QED) is 0.354. The van der Waals surface area contributed by atoms with Crippen LogP contribution in [0.3, 0.4) is 0 Å². The predicted molar refractivity (Wildman–Crippen MR) is 95.8 cm³/mol. The van der Waals surface area contributed by atoms with Crippen molar-refractivity contribution < 1.29 is 14.6 Å². The van der Waals surface area contributed by atoms with Gasteiger partial charge in [-0.15, -0.1) is 24.0 Å². The second kappa shape index (κ2) is 8.12. The van der Waals surface area contributed by atoms with Gasteiger partial charge in [0.2, 0.25) is 0 Å². The predicted octanol–water partition coefficient (Wildman–Crippen LogP) is 0.878. The van der Waals surface area contributed by atoms with Crippen LogP contribution in [-0.2, 0) is 9.47 Å². The van der Waals surface area contributed by atoms with Crippen LogP contribution < -0.4 is 10.6 Å². The molecule has 2 bridgehead atoms. The fraction of sp³-hybridized carbons (Fsp3) is 0.933. The zero-order valence-electron chi connectivity index (χ0n) is 13.2. The van der Waals surface area contributed by atoms with Gasteiger partial charge in [0, 0.05) is 32.2 Å². The van der Waals surface area contributed by atoms with Crippen molar-refractivity contribution in [1.82, 2.24) is 10.6 Å². The number of aliphatic imine (C=N–C) groups is 1. The molecule has 0 aromatic heterocycles. The van der Waals surface area contributed by atoms with Crippen molar-refractivity contribution in [1.29, 1.82) is 0 Å². The molecule has 0 aliphatic carbocycles. The SMILES string of the molecule is CN=C(NCC1(CO)CCOCC1)NC1CC2CCC1O2.I. The van der Waals surface area contributed by atoms with Crippen molar-refractivity contribution in [3.05, 3.63) is 0 Å². The van der Waals surface area contributed by atoms with Crippen LogP contribution in [0.25, 0.3) is 0 Å². The van der Waals surface area contributed by atoms with Gasteiger partial charge in [0.05, 0.1) is 24.9 Å². The molecule has 3 N–H and O–H groups in total. The molecule has 3 saturated heterocycles. The number of nitrogens with zero attached hydrogens (tertiary/aromatic N) is 1. The molecule has 3 fully saturated rings. The number of ether oxygens (including phenoxy) is 2. The highest BCUT2D eigenvalue weighted by atomic mass is 127. The van der Waals surface area contributed by atoms with Gasteiger partial charge in [-0.2, -0.15) is 0 Å². The zero-order chi connectivity index (χ0) is 14.7. The van der Waals surface area contributed by atoms with Crippen LogP contribution >= 0.6 is 24.0 Å². The normalized spacial score (nSPS) is 33.4. The van der Waals surface area contributed by atoms with E-state index in [2.05, 4.69) is 15.6 Å². The summed E-state index contributed by atoms with van der Waals surface area (Å²) in [4.78, 5) is 4.31. The maximum atomic E-state index is 9.72. The molecule has 3 atom stereocenters. The third-order valence-electron chi connectivity index (χ3n) is 5.17. The first-order chi connectivity index (χ1) is 10.2. The number of fused-ring (bicyclic) bond motifs is 2. The van der Waals surface area contributed by atoms with Crippen molar-refractivity contribution in [2.75, 3.05) is 33.4 Å². The third-order valence-corrected chi connectivity index (χ3v) is 5.17. The maximum absolute atomic E-state index is 9.72. The fourth-order valence-corrected chi connectivity index (χ4v) is 3.63. The van der Waals surface area contributed by atoms with E-state index in [1.54, 1.807) is 7.05 Å². The number of aliphatic hydroxyl groups excluding tert-OH is 1. The summed E-state index contributed by atoms with van der Waals surface area (Å²) in [6.45, 7) is 2.38. The van der Waals surface area contributed by atoms with Crippen LogP contribution in [0, 0.1) is 5.41 Å². The number of aliphatic hydroxyl groups is 1. The van der Waals surface area contributed by atoms with Gasteiger partial charge in [0.1, 0.15) is 0 Å². The van der Waals surface area contributed by atoms with Crippen molar-refractivity contribution in [2.45, 2.75) is 50.4 Å². The van der Waals surface area contributed by atoms with Crippen LogP contribution in [0.4, 0.5) is 0 Å². The Morgan fingerprint density at radius 2 is 2.09 bits per heavy atom. The fourth-order valence-electron chi connectivity index (χ4n) is 3.63. The average Bonchev–Trinajstić information content (AvgIpc) is 3.15. The first-order valence-electron chi connectivity index (χ1n) is 8.06. The molecule has 3 rings (SSSR count). The van der Waals surface area contributed by atoms with Crippen LogP contribution in [0.2, 0.25) is 0 Å². The Labute approximate surface area is 149 Å². The summed E-state index contributed by atoms with van der Waals surface area (Å²) in [7, 11) is 1.79. The first kappa shape index (κ1) is 18.2. The van der Waals surface area contributed by atoms with Gasteiger partial charge in [0.25, 0.3) is 0 Å². The molecule has 0 aromatic carbocycles. The summed E-state index contributed by atoms with van der Waals surface area (Å²) in [6.07, 6.45) is 5.98. The van der Waals surface area contributed by atoms with E-state index in [0.29, 0.717) is 18.2 Å². The van der Waals surface area contributed by atoms with E-state index in [4.69, 9.17) is 9.47 Å². The third kappa shape index (κ3) is 4.04. The molecular weight excluding hydrogens is 397 g/mol. The van der Waals surface area contributed by atoms with E-state index < -0.39 is 0 Å². The molecule has 3 aliphatic rings. The minimum absolute atomic E-state index is 0. The number of hydrogen-bond acceptors (Lipinski definition) is 4. The highest BCUT2D eigenvalue weighted by molar-refractivity contribution is 14.0. The molecule has 3 aliphatic heterocycles. The molecule has 128 valence electrons. The van der Waals surface area contributed by atoms with Gasteiger partial charge in [-0.25, -0.2) is 0 Å². The molecule has 0 spiro atoms. The molecule has 3 heterocycles. The lowest BCUT2D eigenvalue weighted by Crippen LogP contribution is -2.51. The molecule has 6 nitrogen and oxygen atoms in total. The number of guanidine groups is 1. The zero-order valence-corrected chi connectivity index (χ0v) is 15.5. The van der Waals surface area contributed by atoms with Gasteiger partial charge < -0.3 is 25.2 Å². The Morgan fingerprint density at radius 3 is 2.64 bits per heavy atom. The Balaban J connectivity index is 0.00000176. The second-order valence-corrected chi connectivity index (χ2v) is 6.56. The molecular formula is C15H28IN3O3. The van der Waals surface area contributed by atoms with Crippen molar-refractivity contribution in [2.24, 2.45) is 10.4 Å². The van der Waals surface area contributed by atoms with Crippen molar-refractivity contribution >= 4 is 29.9 Å². The van der Waals surface area contributed by atoms with Gasteiger partial charge in [-0.05, 0) is 32.1 Å². The summed E-state index contributed by atoms with van der Waals surface area (Å²) in [5, 5.41) is 16.6. The lowest BCUT2D eigenvalue weighted by Gasteiger charge is -2.36. The van der Waals surface area contributed by atoms with Gasteiger partial charge in [-0.3, -0.25) is 4.99 Å². The van der Waals surface area contributed by atoms with E-state index in [1.807, 2.05) is 0 Å². The van der Waals surface area contributed by atoms with Gasteiger partial charge in [-0.1, -0.05) is 0 Å². The second-order valence-electron chi connectivity index (χ2n) is 6.56. The van der Waals surface area contributed by atoms with E-state index in [1.165, 1.54) is 6.42 Å². The van der Waals surface area contributed by atoms with E-state index in [0.717, 1.165) is 51.4 Å². The number of rotatable bonds is 4. The summed E-state index contributed by atoms with van der Waals surface area (Å²) in [5.41, 5.74) is -0.0823. The molecule has 3 unspecified atom stereocenters. The molecule has 0 aromatic rings. The molecule has 0 amide bonds. The highest BCUT2D eigenvalue weighted by Crippen LogP contribution is 2.34. The van der Waals surface area contributed by atoms with Crippen LogP contribution in [0.1, 0.15) is 32.1 Å². The first-order valence-corrected chi connectivity index (χ1v) is 8.06. The van der Waals surface area contributed by atoms with E-state index >= 15 is 0 Å². The van der Waals surface area contributed by atoms with Gasteiger partial charge >= 0.3 is 0 Å². The standard InChI is InChI=1S/C15H27N3O3.HI/c1-16-14(18-12-8-11-2-3-13(12)21-11)17-9-15(10-19)4-6-20-7-5-15;/h11-13,19H,2-10H2,1H3,(H2,16,17,18);1H. The Hall–Kier alpha value is -0.120. The van der Waals surface area contributed by atoms with E-state index in [-0.39, 0.29) is 36.0 Å². The number of halogens is 1. The maximum Gasteiger partial charge on any atom is 0.191 e. The smallest absolute Gasteiger partial charge is 0.191 e. The Kier molecular flexibility index (Phi) is 6.73. The Morgan fingerprint density at radius 1 is 1.32 bits per heavy atom. The van der Waals surface area contributed by atoms with Crippen LogP contribution in [-0.4, -0.2) is 62.7 Å². The summed E-state index contributed by atoms with van der Waals surface area (Å²) < 4.78 is 11.3. The topological polar surface area (TPSA) is 75.1 Å². The number of nitrogens with one attached hydrogen (secondary N) is 2. The average molecular weight is 425 g/mol. The lowest BCUT2D eigenvalue weighted by molar-refractivity contribution is -0.0132. The minimum Gasteiger partial charge on any atom is -0.396 e. The molecule has 0 radical (unpaired) electrons. The van der Waals surface area contributed by atoms with E-state index in [9.17, 15) is 5.11 Å². The molecule has 22 heavy (non-hydrogen) atoms. The monoisotopic (exact) mass is 425 g/mol. The van der Waals surface area contributed by atoms with Crippen LogP contribution in [0.5, 0.6) is 0 Å². The highest BCUT2D eigenvalue weighted by Gasteiger charge is 2.41. The summed E-state index contributed by atoms with van der Waals surface area (Å²) in [6, 6.07) is 0.370. The van der Waals surface area contributed by atoms with Crippen LogP contribution in [0.15, 0.2) is 4.99 Å². The molecule has 0 saturated carbocycles. The Bertz CT molecular complexity index is 388. The molecule has 7 heteroatoms. The summed E-state index contributed by atoms with van der Waals surface area (Å²) >= 11 is 0. The lowest BCUT2D eigenvalue weighted by atomic mass is 9.81. The van der Waals surface area contributed by atoms with Crippen molar-refractivity contribution in [3.63, 3.8) is 0 Å². The largest absolute Gasteiger partial charge is 0.396 e.